The fraction of sp³-hybridized carbons (Fsp3) is 0.435. The highest BCUT2D eigenvalue weighted by molar-refractivity contribution is 7.18. The zero-order valence-corrected chi connectivity index (χ0v) is 20.2. The Bertz CT molecular complexity index is 1300. The lowest BCUT2D eigenvalue weighted by atomic mass is 10.1. The Morgan fingerprint density at radius 1 is 1.20 bits per heavy atom. The molecule has 1 amide bonds. The number of hydrogen-bond acceptors (Lipinski definition) is 8. The third-order valence-corrected chi connectivity index (χ3v) is 6.59. The zero-order chi connectivity index (χ0) is 25.3. The molecule has 3 aromatic heterocycles. The molecule has 0 aliphatic heterocycles. The lowest BCUT2D eigenvalue weighted by Crippen LogP contribution is -2.16. The van der Waals surface area contributed by atoms with E-state index < -0.39 is 24.3 Å². The van der Waals surface area contributed by atoms with E-state index >= 15 is 0 Å². The molecule has 0 atom stereocenters. The average molecular weight is 507 g/mol. The summed E-state index contributed by atoms with van der Waals surface area (Å²) in [6.45, 7) is 5.34. The average Bonchev–Trinajstić information content (AvgIpc) is 3.50. The Kier molecular flexibility index (Phi) is 7.10. The Labute approximate surface area is 203 Å². The van der Waals surface area contributed by atoms with E-state index in [-0.39, 0.29) is 51.6 Å². The monoisotopic (exact) mass is 506 g/mol. The van der Waals surface area contributed by atoms with Gasteiger partial charge in [0.05, 0.1) is 18.8 Å². The van der Waals surface area contributed by atoms with E-state index in [4.69, 9.17) is 9.47 Å². The summed E-state index contributed by atoms with van der Waals surface area (Å²) < 4.78 is 38.6. The number of nitrogens with zero attached hydrogens (tertiary/aromatic N) is 3. The lowest BCUT2D eigenvalue weighted by molar-refractivity contribution is 0.0506. The van der Waals surface area contributed by atoms with Gasteiger partial charge in [-0.25, -0.2) is 27.9 Å². The van der Waals surface area contributed by atoms with Crippen LogP contribution in [0, 0.1) is 6.92 Å². The summed E-state index contributed by atoms with van der Waals surface area (Å²) in [5.74, 6) is -1.94. The van der Waals surface area contributed by atoms with Gasteiger partial charge in [0.25, 0.3) is 12.3 Å². The van der Waals surface area contributed by atoms with Crippen LogP contribution in [0.25, 0.3) is 5.65 Å². The van der Waals surface area contributed by atoms with Crippen molar-refractivity contribution in [2.45, 2.75) is 52.4 Å². The molecule has 0 unspecified atom stereocenters. The molecule has 0 spiro atoms. The van der Waals surface area contributed by atoms with E-state index in [1.165, 1.54) is 12.1 Å². The molecule has 186 valence electrons. The van der Waals surface area contributed by atoms with Crippen molar-refractivity contribution in [1.29, 1.82) is 0 Å². The first-order valence-electron chi connectivity index (χ1n) is 11.2. The smallest absolute Gasteiger partial charge is 0.348 e. The van der Waals surface area contributed by atoms with Gasteiger partial charge in [-0.05, 0) is 44.7 Å². The number of ether oxygens (including phenoxy) is 2. The highest BCUT2D eigenvalue weighted by atomic mass is 32.1. The number of fused-ring (bicyclic) bond motifs is 1. The van der Waals surface area contributed by atoms with Crippen molar-refractivity contribution in [3.05, 3.63) is 45.2 Å². The molecule has 0 bridgehead atoms. The topological polar surface area (TPSA) is 112 Å². The predicted molar refractivity (Wildman–Crippen MR) is 123 cm³/mol. The number of esters is 2. The minimum absolute atomic E-state index is 0.0334. The second kappa shape index (κ2) is 10.1. The second-order valence-corrected chi connectivity index (χ2v) is 9.07. The number of hydrogen-bond donors (Lipinski definition) is 1. The quantitative estimate of drug-likeness (QED) is 0.411. The number of carbonyl (C=O) groups is 3. The molecule has 4 rings (SSSR count). The molecule has 0 radical (unpaired) electrons. The first kappa shape index (κ1) is 24.7. The lowest BCUT2D eigenvalue weighted by Gasteiger charge is -2.07. The van der Waals surface area contributed by atoms with Crippen LogP contribution in [0.2, 0.25) is 0 Å². The molecule has 1 aliphatic rings. The van der Waals surface area contributed by atoms with Crippen molar-refractivity contribution >= 4 is 39.8 Å². The fourth-order valence-corrected chi connectivity index (χ4v) is 4.63. The molecule has 1 saturated carbocycles. The Hall–Kier alpha value is -3.41. The van der Waals surface area contributed by atoms with Gasteiger partial charge in [0.2, 0.25) is 0 Å². The zero-order valence-electron chi connectivity index (χ0n) is 19.4. The van der Waals surface area contributed by atoms with E-state index in [0.29, 0.717) is 17.7 Å². The summed E-state index contributed by atoms with van der Waals surface area (Å²) in [5.41, 5.74) is 0.516. The van der Waals surface area contributed by atoms with Gasteiger partial charge in [0.1, 0.15) is 15.6 Å². The van der Waals surface area contributed by atoms with Gasteiger partial charge in [-0.15, -0.1) is 11.3 Å². The first-order chi connectivity index (χ1) is 16.7. The molecular weight excluding hydrogens is 482 g/mol. The summed E-state index contributed by atoms with van der Waals surface area (Å²) in [6.07, 6.45) is -0.457. The van der Waals surface area contributed by atoms with Crippen molar-refractivity contribution in [3.8, 4) is 0 Å². The minimum Gasteiger partial charge on any atom is -0.462 e. The first-order valence-corrected chi connectivity index (χ1v) is 12.0. The number of rotatable bonds is 9. The van der Waals surface area contributed by atoms with Gasteiger partial charge in [-0.1, -0.05) is 6.92 Å². The molecule has 1 fully saturated rings. The van der Waals surface area contributed by atoms with Crippen LogP contribution in [-0.4, -0.2) is 45.7 Å². The standard InChI is InChI=1S/C23H24F2N4O5S/c1-4-8-34-22(31)17-11(3)18(23(32)33-5-2)35-21(17)27-20(30)14-10-16-26-13(12-6-7-12)9-15(19(24)25)29(16)28-14/h9-10,12,19H,4-8H2,1-3H3,(H,27,30). The number of nitrogens with one attached hydrogen (secondary N) is 1. The maximum Gasteiger partial charge on any atom is 0.348 e. The number of thiophene rings is 1. The second-order valence-electron chi connectivity index (χ2n) is 8.05. The highest BCUT2D eigenvalue weighted by Crippen LogP contribution is 2.40. The number of carbonyl (C=O) groups excluding carboxylic acids is 3. The molecule has 12 heteroatoms. The highest BCUT2D eigenvalue weighted by Gasteiger charge is 2.30. The molecule has 35 heavy (non-hydrogen) atoms. The van der Waals surface area contributed by atoms with Crippen molar-refractivity contribution in [2.24, 2.45) is 0 Å². The summed E-state index contributed by atoms with van der Waals surface area (Å²) in [6, 6.07) is 2.63. The van der Waals surface area contributed by atoms with Gasteiger partial charge in [0.15, 0.2) is 11.3 Å². The van der Waals surface area contributed by atoms with Crippen LogP contribution < -0.4 is 5.32 Å². The van der Waals surface area contributed by atoms with Gasteiger partial charge in [-0.3, -0.25) is 4.79 Å². The molecule has 1 N–H and O–H groups in total. The van der Waals surface area contributed by atoms with Crippen LogP contribution in [0.3, 0.4) is 0 Å². The number of halogens is 2. The van der Waals surface area contributed by atoms with Crippen LogP contribution in [0.5, 0.6) is 0 Å². The molecule has 3 heterocycles. The van der Waals surface area contributed by atoms with Crippen LogP contribution >= 0.6 is 11.3 Å². The predicted octanol–water partition coefficient (Wildman–Crippen LogP) is 4.91. The third-order valence-electron chi connectivity index (χ3n) is 5.40. The number of amides is 1. The van der Waals surface area contributed by atoms with Crippen LogP contribution in [-0.2, 0) is 9.47 Å². The summed E-state index contributed by atoms with van der Waals surface area (Å²) in [4.78, 5) is 42.6. The number of aromatic nitrogens is 3. The number of alkyl halides is 2. The van der Waals surface area contributed by atoms with Gasteiger partial charge < -0.3 is 14.8 Å². The number of anilines is 1. The Balaban J connectivity index is 1.69. The maximum absolute atomic E-state index is 13.7. The Morgan fingerprint density at radius 3 is 2.57 bits per heavy atom. The maximum atomic E-state index is 13.7. The Morgan fingerprint density at radius 2 is 1.94 bits per heavy atom. The molecule has 1 aliphatic carbocycles. The molecule has 3 aromatic rings. The molecule has 0 aromatic carbocycles. The van der Waals surface area contributed by atoms with Crippen LogP contribution in [0.4, 0.5) is 13.8 Å². The van der Waals surface area contributed by atoms with Crippen molar-refractivity contribution in [2.75, 3.05) is 18.5 Å². The largest absolute Gasteiger partial charge is 0.462 e. The molecule has 0 saturated heterocycles. The van der Waals surface area contributed by atoms with Crippen molar-refractivity contribution in [3.63, 3.8) is 0 Å². The third kappa shape index (κ3) is 5.02. The van der Waals surface area contributed by atoms with E-state index in [0.717, 1.165) is 28.7 Å². The van der Waals surface area contributed by atoms with Crippen molar-refractivity contribution in [1.82, 2.24) is 14.6 Å². The van der Waals surface area contributed by atoms with Crippen LogP contribution in [0.15, 0.2) is 12.1 Å². The summed E-state index contributed by atoms with van der Waals surface area (Å²) >= 11 is 0.871. The van der Waals surface area contributed by atoms with Crippen molar-refractivity contribution < 1.29 is 32.6 Å². The van der Waals surface area contributed by atoms with Gasteiger partial charge in [-0.2, -0.15) is 5.10 Å². The van der Waals surface area contributed by atoms with Gasteiger partial charge in [0, 0.05) is 17.7 Å². The van der Waals surface area contributed by atoms with E-state index in [9.17, 15) is 23.2 Å². The van der Waals surface area contributed by atoms with E-state index in [2.05, 4.69) is 15.4 Å². The molecule has 9 nitrogen and oxygen atoms in total. The normalized spacial score (nSPS) is 13.3. The minimum atomic E-state index is -2.80. The van der Waals surface area contributed by atoms with E-state index in [1.807, 2.05) is 6.92 Å². The SMILES string of the molecule is CCCOC(=O)c1c(NC(=O)c2cc3nc(C4CC4)cc(C(F)F)n3n2)sc(C(=O)OCC)c1C. The van der Waals surface area contributed by atoms with Crippen LogP contribution in [0.1, 0.15) is 92.9 Å². The van der Waals surface area contributed by atoms with Gasteiger partial charge >= 0.3 is 11.9 Å². The molecular formula is C23H24F2N4O5S. The fourth-order valence-electron chi connectivity index (χ4n) is 3.55. The summed E-state index contributed by atoms with van der Waals surface area (Å²) in [5, 5.41) is 6.69. The van der Waals surface area contributed by atoms with E-state index in [1.54, 1.807) is 13.8 Å². The summed E-state index contributed by atoms with van der Waals surface area (Å²) in [7, 11) is 0.